The van der Waals surface area contributed by atoms with E-state index in [9.17, 15) is 19.1 Å². The molecule has 0 unspecified atom stereocenters. The summed E-state index contributed by atoms with van der Waals surface area (Å²) in [6.07, 6.45) is 1.76. The minimum Gasteiger partial charge on any atom is -0.478 e. The minimum atomic E-state index is -1.12. The zero-order valence-electron chi connectivity index (χ0n) is 15.1. The van der Waals surface area contributed by atoms with Crippen molar-refractivity contribution in [2.45, 2.75) is 31.6 Å². The number of hydrogen-bond donors (Lipinski definition) is 2. The maximum absolute atomic E-state index is 13.3. The van der Waals surface area contributed by atoms with E-state index in [4.69, 9.17) is 9.15 Å². The van der Waals surface area contributed by atoms with Crippen LogP contribution in [-0.4, -0.2) is 36.7 Å². The number of rotatable bonds is 6. The van der Waals surface area contributed by atoms with Crippen molar-refractivity contribution in [3.63, 3.8) is 0 Å². The third-order valence-electron chi connectivity index (χ3n) is 5.08. The van der Waals surface area contributed by atoms with Crippen LogP contribution < -0.4 is 5.32 Å². The van der Waals surface area contributed by atoms with Crippen LogP contribution in [0.2, 0.25) is 0 Å². The lowest BCUT2D eigenvalue weighted by atomic mass is 9.74. The summed E-state index contributed by atoms with van der Waals surface area (Å²) < 4.78 is 24.2. The predicted molar refractivity (Wildman–Crippen MR) is 95.5 cm³/mol. The van der Waals surface area contributed by atoms with Gasteiger partial charge in [-0.15, -0.1) is 0 Å². The summed E-state index contributed by atoms with van der Waals surface area (Å²) in [6.45, 7) is 3.19. The maximum atomic E-state index is 13.3. The average molecular weight is 375 g/mol. The van der Waals surface area contributed by atoms with Crippen LogP contribution in [0.25, 0.3) is 0 Å². The van der Waals surface area contributed by atoms with Gasteiger partial charge in [-0.1, -0.05) is 19.1 Å². The van der Waals surface area contributed by atoms with Crippen LogP contribution >= 0.6 is 0 Å². The van der Waals surface area contributed by atoms with Gasteiger partial charge in [0.25, 0.3) is 5.91 Å². The quantitative estimate of drug-likeness (QED) is 0.810. The topological polar surface area (TPSA) is 88.8 Å². The molecular formula is C20H22FNO5. The molecular weight excluding hydrogens is 353 g/mol. The molecule has 0 aliphatic carbocycles. The molecule has 1 amide bonds. The van der Waals surface area contributed by atoms with Crippen molar-refractivity contribution in [2.24, 2.45) is 0 Å². The molecule has 0 radical (unpaired) electrons. The number of aryl methyl sites for hydroxylation is 1. The Kier molecular flexibility index (Phi) is 5.60. The largest absolute Gasteiger partial charge is 0.478 e. The molecule has 0 saturated carbocycles. The molecule has 144 valence electrons. The molecule has 1 fully saturated rings. The van der Waals surface area contributed by atoms with E-state index in [2.05, 4.69) is 5.32 Å². The van der Waals surface area contributed by atoms with Crippen molar-refractivity contribution in [2.75, 3.05) is 19.8 Å². The number of amides is 1. The van der Waals surface area contributed by atoms with Gasteiger partial charge in [0.15, 0.2) is 5.76 Å². The highest BCUT2D eigenvalue weighted by Gasteiger charge is 2.35. The maximum Gasteiger partial charge on any atom is 0.339 e. The highest BCUT2D eigenvalue weighted by molar-refractivity contribution is 5.96. The van der Waals surface area contributed by atoms with Gasteiger partial charge in [-0.05, 0) is 30.5 Å². The van der Waals surface area contributed by atoms with Gasteiger partial charge < -0.3 is 19.6 Å². The summed E-state index contributed by atoms with van der Waals surface area (Å²) in [5, 5.41) is 12.1. The van der Waals surface area contributed by atoms with Gasteiger partial charge in [-0.2, -0.15) is 0 Å². The summed E-state index contributed by atoms with van der Waals surface area (Å²) in [7, 11) is 0. The van der Waals surface area contributed by atoms with Crippen molar-refractivity contribution in [1.82, 2.24) is 5.32 Å². The number of carbonyl (C=O) groups is 2. The van der Waals surface area contributed by atoms with E-state index in [-0.39, 0.29) is 28.3 Å². The first kappa shape index (κ1) is 19.1. The zero-order chi connectivity index (χ0) is 19.4. The van der Waals surface area contributed by atoms with E-state index in [1.165, 1.54) is 18.2 Å². The van der Waals surface area contributed by atoms with E-state index in [1.54, 1.807) is 19.1 Å². The summed E-state index contributed by atoms with van der Waals surface area (Å²) in [4.78, 5) is 23.8. The van der Waals surface area contributed by atoms with Gasteiger partial charge >= 0.3 is 5.97 Å². The zero-order valence-corrected chi connectivity index (χ0v) is 15.1. The fourth-order valence-corrected chi connectivity index (χ4v) is 3.45. The third kappa shape index (κ3) is 4.03. The Balaban J connectivity index is 1.78. The normalized spacial score (nSPS) is 16.1. The van der Waals surface area contributed by atoms with Crippen LogP contribution in [0.3, 0.4) is 0 Å². The Morgan fingerprint density at radius 1 is 1.22 bits per heavy atom. The summed E-state index contributed by atoms with van der Waals surface area (Å²) in [5.74, 6) is -1.65. The number of ether oxygens (including phenoxy) is 1. The molecule has 6 nitrogen and oxygen atoms in total. The van der Waals surface area contributed by atoms with Crippen molar-refractivity contribution < 1.29 is 28.2 Å². The van der Waals surface area contributed by atoms with Gasteiger partial charge in [0, 0.05) is 37.7 Å². The van der Waals surface area contributed by atoms with Crippen LogP contribution in [-0.2, 0) is 16.6 Å². The molecule has 0 atom stereocenters. The van der Waals surface area contributed by atoms with E-state index >= 15 is 0 Å². The molecule has 0 bridgehead atoms. The first-order valence-corrected chi connectivity index (χ1v) is 8.93. The Labute approximate surface area is 156 Å². The first-order valence-electron chi connectivity index (χ1n) is 8.93. The average Bonchev–Trinajstić information content (AvgIpc) is 3.12. The number of benzene rings is 1. The number of carboxylic acid groups (broad SMARTS) is 1. The second-order valence-electron chi connectivity index (χ2n) is 6.69. The lowest BCUT2D eigenvalue weighted by Gasteiger charge is -2.37. The number of carboxylic acids is 1. The highest BCUT2D eigenvalue weighted by Crippen LogP contribution is 2.34. The van der Waals surface area contributed by atoms with E-state index < -0.39 is 11.9 Å². The Morgan fingerprint density at radius 2 is 1.89 bits per heavy atom. The van der Waals surface area contributed by atoms with Crippen molar-refractivity contribution in [1.29, 1.82) is 0 Å². The Bertz CT molecular complexity index is 821. The number of aromatic carboxylic acids is 1. The van der Waals surface area contributed by atoms with Crippen LogP contribution in [0.1, 0.15) is 52.0 Å². The molecule has 1 saturated heterocycles. The molecule has 27 heavy (non-hydrogen) atoms. The molecule has 3 rings (SSSR count). The molecule has 2 aromatic rings. The summed E-state index contributed by atoms with van der Waals surface area (Å²) in [5.41, 5.74) is 0.576. The molecule has 1 aromatic carbocycles. The van der Waals surface area contributed by atoms with E-state index in [0.717, 1.165) is 5.56 Å². The molecule has 2 N–H and O–H groups in total. The van der Waals surface area contributed by atoms with Crippen LogP contribution in [0.5, 0.6) is 0 Å². The minimum absolute atomic E-state index is 0.00182. The monoisotopic (exact) mass is 375 g/mol. The van der Waals surface area contributed by atoms with Gasteiger partial charge in [0.1, 0.15) is 17.1 Å². The van der Waals surface area contributed by atoms with Gasteiger partial charge in [-0.3, -0.25) is 4.79 Å². The van der Waals surface area contributed by atoms with Crippen LogP contribution in [0.4, 0.5) is 4.39 Å². The number of carbonyl (C=O) groups excluding carboxylic acids is 1. The summed E-state index contributed by atoms with van der Waals surface area (Å²) in [6, 6.07) is 7.54. The lowest BCUT2D eigenvalue weighted by Crippen LogP contribution is -2.44. The van der Waals surface area contributed by atoms with Gasteiger partial charge in [0.2, 0.25) is 0 Å². The van der Waals surface area contributed by atoms with Crippen molar-refractivity contribution in [3.05, 3.63) is 58.8 Å². The van der Waals surface area contributed by atoms with Gasteiger partial charge in [0.05, 0.1) is 0 Å². The molecule has 2 heterocycles. The van der Waals surface area contributed by atoms with E-state index in [0.29, 0.717) is 39.0 Å². The van der Waals surface area contributed by atoms with Crippen molar-refractivity contribution >= 4 is 11.9 Å². The second kappa shape index (κ2) is 7.92. The molecule has 1 aliphatic heterocycles. The molecule has 1 aliphatic rings. The first-order chi connectivity index (χ1) is 12.9. The highest BCUT2D eigenvalue weighted by atomic mass is 19.1. The van der Waals surface area contributed by atoms with Crippen LogP contribution in [0.15, 0.2) is 34.7 Å². The van der Waals surface area contributed by atoms with Gasteiger partial charge in [-0.25, -0.2) is 9.18 Å². The molecule has 7 heteroatoms. The number of halogens is 1. The third-order valence-corrected chi connectivity index (χ3v) is 5.08. The molecule has 1 aromatic heterocycles. The number of hydrogen-bond acceptors (Lipinski definition) is 4. The fraction of sp³-hybridized carbons (Fsp3) is 0.400. The Morgan fingerprint density at radius 3 is 2.44 bits per heavy atom. The lowest BCUT2D eigenvalue weighted by molar-refractivity contribution is 0.0484. The number of furan rings is 1. The summed E-state index contributed by atoms with van der Waals surface area (Å²) >= 11 is 0. The van der Waals surface area contributed by atoms with Crippen LogP contribution in [0, 0.1) is 5.82 Å². The molecule has 0 spiro atoms. The smallest absolute Gasteiger partial charge is 0.339 e. The predicted octanol–water partition coefficient (Wildman–Crippen LogP) is 3.16. The van der Waals surface area contributed by atoms with E-state index in [1.807, 2.05) is 0 Å². The fourth-order valence-electron chi connectivity index (χ4n) is 3.45. The number of nitrogens with one attached hydrogen (secondary N) is 1. The Hall–Kier alpha value is -2.67. The SMILES string of the molecule is CCc1oc(C(=O)NCC2(c3ccc(F)cc3)CCOCC2)cc1C(=O)O. The standard InChI is InChI=1S/C20H22FNO5/c1-2-16-15(19(24)25)11-17(27-16)18(23)22-12-20(7-9-26-10-8-20)13-3-5-14(21)6-4-13/h3-6,11H,2,7-10,12H2,1H3,(H,22,23)(H,24,25). The van der Waals surface area contributed by atoms with Crippen molar-refractivity contribution in [3.8, 4) is 0 Å². The second-order valence-corrected chi connectivity index (χ2v) is 6.69.